The van der Waals surface area contributed by atoms with Crippen LogP contribution >= 0.6 is 0 Å². The number of carbonyl (C=O) groups excluding carboxylic acids is 1. The van der Waals surface area contributed by atoms with Crippen molar-refractivity contribution in [3.8, 4) is 0 Å². The zero-order valence-corrected chi connectivity index (χ0v) is 14.1. The van der Waals surface area contributed by atoms with Crippen LogP contribution in [0.3, 0.4) is 0 Å². The third-order valence-corrected chi connectivity index (χ3v) is 5.71. The van der Waals surface area contributed by atoms with Gasteiger partial charge in [-0.1, -0.05) is 12.1 Å². The molecule has 0 aliphatic carbocycles. The van der Waals surface area contributed by atoms with E-state index in [1.807, 2.05) is 0 Å². The lowest BCUT2D eigenvalue weighted by molar-refractivity contribution is -0.387. The number of hydrogen-bond acceptors (Lipinski definition) is 6. The van der Waals surface area contributed by atoms with Crippen LogP contribution < -0.4 is 5.73 Å². The first-order valence-electron chi connectivity index (χ1n) is 7.50. The SMILES string of the molecule is CC(N)CC(=O)N1CCN(S(=O)(=O)c2ccccc2[N+](=O)[O-])CC1. The van der Waals surface area contributed by atoms with Crippen LogP contribution in [-0.4, -0.2) is 60.7 Å². The van der Waals surface area contributed by atoms with Gasteiger partial charge < -0.3 is 10.6 Å². The quantitative estimate of drug-likeness (QED) is 0.591. The van der Waals surface area contributed by atoms with E-state index < -0.39 is 20.6 Å². The lowest BCUT2D eigenvalue weighted by Gasteiger charge is -2.34. The lowest BCUT2D eigenvalue weighted by atomic mass is 10.2. The fourth-order valence-electron chi connectivity index (χ4n) is 2.55. The summed E-state index contributed by atoms with van der Waals surface area (Å²) in [7, 11) is -3.98. The summed E-state index contributed by atoms with van der Waals surface area (Å²) in [4.78, 5) is 23.5. The number of sulfonamides is 1. The van der Waals surface area contributed by atoms with Gasteiger partial charge in [-0.2, -0.15) is 4.31 Å². The summed E-state index contributed by atoms with van der Waals surface area (Å²) >= 11 is 0. The molecular formula is C14H20N4O5S. The third-order valence-electron chi connectivity index (χ3n) is 3.77. The van der Waals surface area contributed by atoms with Crippen molar-refractivity contribution in [2.75, 3.05) is 26.2 Å². The molecule has 0 saturated carbocycles. The lowest BCUT2D eigenvalue weighted by Crippen LogP contribution is -2.51. The highest BCUT2D eigenvalue weighted by molar-refractivity contribution is 7.89. The van der Waals surface area contributed by atoms with Crippen molar-refractivity contribution in [2.45, 2.75) is 24.3 Å². The number of nitrogens with two attached hydrogens (primary N) is 1. The van der Waals surface area contributed by atoms with E-state index in [4.69, 9.17) is 5.73 Å². The summed E-state index contributed by atoms with van der Waals surface area (Å²) in [6, 6.07) is 4.99. The molecule has 24 heavy (non-hydrogen) atoms. The van der Waals surface area contributed by atoms with Crippen LogP contribution in [0.25, 0.3) is 0 Å². The second-order valence-corrected chi connectivity index (χ2v) is 7.60. The van der Waals surface area contributed by atoms with E-state index in [1.165, 1.54) is 22.5 Å². The molecule has 1 unspecified atom stereocenters. The zero-order valence-electron chi connectivity index (χ0n) is 13.3. The van der Waals surface area contributed by atoms with E-state index in [-0.39, 0.29) is 49.4 Å². The zero-order chi connectivity index (χ0) is 17.9. The van der Waals surface area contributed by atoms with Crippen LogP contribution in [0, 0.1) is 10.1 Å². The Bertz CT molecular complexity index is 726. The van der Waals surface area contributed by atoms with Crippen LogP contribution in [0.1, 0.15) is 13.3 Å². The molecule has 10 heteroatoms. The molecule has 1 saturated heterocycles. The van der Waals surface area contributed by atoms with Gasteiger partial charge in [0.25, 0.3) is 5.69 Å². The van der Waals surface area contributed by atoms with Crippen molar-refractivity contribution in [1.29, 1.82) is 0 Å². The predicted octanol–water partition coefficient (Wildman–Crippen LogP) is 0.165. The number of nitro groups is 1. The van der Waals surface area contributed by atoms with E-state index in [9.17, 15) is 23.3 Å². The molecule has 2 rings (SSSR count). The van der Waals surface area contributed by atoms with Gasteiger partial charge in [0.2, 0.25) is 15.9 Å². The van der Waals surface area contributed by atoms with Crippen molar-refractivity contribution < 1.29 is 18.1 Å². The molecule has 0 bridgehead atoms. The minimum atomic E-state index is -3.98. The van der Waals surface area contributed by atoms with Crippen LogP contribution in [-0.2, 0) is 14.8 Å². The van der Waals surface area contributed by atoms with Crippen molar-refractivity contribution in [1.82, 2.24) is 9.21 Å². The first-order valence-corrected chi connectivity index (χ1v) is 8.94. The van der Waals surface area contributed by atoms with Gasteiger partial charge in [-0.25, -0.2) is 8.42 Å². The largest absolute Gasteiger partial charge is 0.340 e. The Morgan fingerprint density at radius 1 is 1.29 bits per heavy atom. The molecule has 1 aliphatic rings. The molecule has 0 spiro atoms. The Morgan fingerprint density at radius 3 is 2.42 bits per heavy atom. The maximum absolute atomic E-state index is 12.7. The molecule has 1 aromatic carbocycles. The molecule has 2 N–H and O–H groups in total. The van der Waals surface area contributed by atoms with Crippen LogP contribution in [0.5, 0.6) is 0 Å². The summed E-state index contributed by atoms with van der Waals surface area (Å²) in [5.41, 5.74) is 5.15. The molecule has 1 aromatic rings. The van der Waals surface area contributed by atoms with Gasteiger partial charge in [0.15, 0.2) is 4.90 Å². The van der Waals surface area contributed by atoms with Gasteiger partial charge in [0, 0.05) is 44.7 Å². The van der Waals surface area contributed by atoms with Gasteiger partial charge in [-0.15, -0.1) is 0 Å². The van der Waals surface area contributed by atoms with E-state index in [0.717, 1.165) is 6.07 Å². The highest BCUT2D eigenvalue weighted by Gasteiger charge is 2.34. The van der Waals surface area contributed by atoms with Crippen LogP contribution in [0.4, 0.5) is 5.69 Å². The van der Waals surface area contributed by atoms with Crippen LogP contribution in [0.2, 0.25) is 0 Å². The minimum absolute atomic E-state index is 0.0963. The predicted molar refractivity (Wildman–Crippen MR) is 86.7 cm³/mol. The number of amides is 1. The molecule has 1 heterocycles. The number of nitrogens with zero attached hydrogens (tertiary/aromatic N) is 3. The molecule has 132 valence electrons. The molecule has 0 radical (unpaired) electrons. The minimum Gasteiger partial charge on any atom is -0.340 e. The highest BCUT2D eigenvalue weighted by Crippen LogP contribution is 2.26. The Morgan fingerprint density at radius 2 is 1.88 bits per heavy atom. The van der Waals surface area contributed by atoms with Gasteiger partial charge >= 0.3 is 0 Å². The number of benzene rings is 1. The van der Waals surface area contributed by atoms with E-state index in [0.29, 0.717) is 0 Å². The molecule has 1 fully saturated rings. The summed E-state index contributed by atoms with van der Waals surface area (Å²) in [5, 5.41) is 11.1. The van der Waals surface area contributed by atoms with Crippen molar-refractivity contribution in [3.05, 3.63) is 34.4 Å². The standard InChI is InChI=1S/C14H20N4O5S/c1-11(15)10-14(19)16-6-8-17(9-7-16)24(22,23)13-5-3-2-4-12(13)18(20)21/h2-5,11H,6-10,15H2,1H3. The number of para-hydroxylation sites is 1. The number of rotatable bonds is 5. The smallest absolute Gasteiger partial charge is 0.289 e. The van der Waals surface area contributed by atoms with Crippen molar-refractivity contribution >= 4 is 21.6 Å². The third kappa shape index (κ3) is 3.89. The summed E-state index contributed by atoms with van der Waals surface area (Å²) < 4.78 is 26.5. The first kappa shape index (κ1) is 18.3. The summed E-state index contributed by atoms with van der Waals surface area (Å²) in [6.45, 7) is 2.40. The second kappa shape index (κ2) is 7.24. The first-order chi connectivity index (χ1) is 11.2. The number of hydrogen-bond donors (Lipinski definition) is 1. The van der Waals surface area contributed by atoms with E-state index >= 15 is 0 Å². The Balaban J connectivity index is 2.14. The normalized spacial score (nSPS) is 17.5. The summed E-state index contributed by atoms with van der Waals surface area (Å²) in [5.74, 6) is -0.118. The second-order valence-electron chi connectivity index (χ2n) is 5.69. The molecule has 9 nitrogen and oxygen atoms in total. The van der Waals surface area contributed by atoms with Crippen molar-refractivity contribution in [3.63, 3.8) is 0 Å². The number of nitro benzene ring substituents is 1. The van der Waals surface area contributed by atoms with Gasteiger partial charge in [-0.3, -0.25) is 14.9 Å². The highest BCUT2D eigenvalue weighted by atomic mass is 32.2. The number of carbonyl (C=O) groups is 1. The Labute approximate surface area is 140 Å². The number of piperazine rings is 1. The topological polar surface area (TPSA) is 127 Å². The summed E-state index contributed by atoms with van der Waals surface area (Å²) in [6.07, 6.45) is 0.205. The molecule has 1 atom stereocenters. The van der Waals surface area contributed by atoms with Gasteiger partial charge in [-0.05, 0) is 13.0 Å². The molecule has 0 aromatic heterocycles. The maximum atomic E-state index is 12.7. The Kier molecular flexibility index (Phi) is 5.52. The maximum Gasteiger partial charge on any atom is 0.289 e. The van der Waals surface area contributed by atoms with Gasteiger partial charge in [0.1, 0.15) is 0 Å². The molecule has 1 aliphatic heterocycles. The van der Waals surface area contributed by atoms with Gasteiger partial charge in [0.05, 0.1) is 4.92 Å². The van der Waals surface area contributed by atoms with E-state index in [2.05, 4.69) is 0 Å². The van der Waals surface area contributed by atoms with Crippen LogP contribution in [0.15, 0.2) is 29.2 Å². The fraction of sp³-hybridized carbons (Fsp3) is 0.500. The van der Waals surface area contributed by atoms with Crippen molar-refractivity contribution in [2.24, 2.45) is 5.73 Å². The Hall–Kier alpha value is -2.04. The average Bonchev–Trinajstić information content (AvgIpc) is 2.54. The van der Waals surface area contributed by atoms with E-state index in [1.54, 1.807) is 11.8 Å². The average molecular weight is 356 g/mol. The molecular weight excluding hydrogens is 336 g/mol. The monoisotopic (exact) mass is 356 g/mol. The fourth-order valence-corrected chi connectivity index (χ4v) is 4.13. The molecule has 1 amide bonds.